The van der Waals surface area contributed by atoms with Gasteiger partial charge in [0.15, 0.2) is 12.1 Å². The summed E-state index contributed by atoms with van der Waals surface area (Å²) in [6, 6.07) is 7.21. The Kier molecular flexibility index (Phi) is 3.40. The summed E-state index contributed by atoms with van der Waals surface area (Å²) < 4.78 is 12.4. The maximum Gasteiger partial charge on any atom is 0.187 e. The zero-order chi connectivity index (χ0) is 14.1. The number of ether oxygens (including phenoxy) is 2. The van der Waals surface area contributed by atoms with Crippen molar-refractivity contribution in [1.82, 2.24) is 14.8 Å². The largest absolute Gasteiger partial charge is 0.346 e. The van der Waals surface area contributed by atoms with Crippen LogP contribution >= 0.6 is 11.6 Å². The second kappa shape index (κ2) is 5.21. The number of nitriles is 1. The van der Waals surface area contributed by atoms with Crippen molar-refractivity contribution in [3.8, 4) is 11.9 Å². The van der Waals surface area contributed by atoms with Crippen molar-refractivity contribution in [2.75, 3.05) is 13.2 Å². The minimum atomic E-state index is -0.509. The lowest BCUT2D eigenvalue weighted by Crippen LogP contribution is -2.10. The van der Waals surface area contributed by atoms with Crippen molar-refractivity contribution < 1.29 is 9.47 Å². The Morgan fingerprint density at radius 3 is 2.85 bits per heavy atom. The van der Waals surface area contributed by atoms with E-state index in [-0.39, 0.29) is 0 Å². The van der Waals surface area contributed by atoms with E-state index in [1.165, 1.54) is 4.68 Å². The predicted octanol–water partition coefficient (Wildman–Crippen LogP) is 2.15. The summed E-state index contributed by atoms with van der Waals surface area (Å²) in [4.78, 5) is 4.26. The summed E-state index contributed by atoms with van der Waals surface area (Å²) in [5.74, 6) is 0.453. The Balaban J connectivity index is 2.16. The molecule has 0 amide bonds. The maximum absolute atomic E-state index is 9.18. The van der Waals surface area contributed by atoms with E-state index in [0.717, 1.165) is 5.69 Å². The molecule has 0 N–H and O–H groups in total. The molecular formula is C13H11ClN4O2. The summed E-state index contributed by atoms with van der Waals surface area (Å²) in [6.07, 6.45) is -0.509. The van der Waals surface area contributed by atoms with Gasteiger partial charge in [0.1, 0.15) is 16.9 Å². The number of nitrogens with zero attached hydrogens (tertiary/aromatic N) is 4. The first-order valence-corrected chi connectivity index (χ1v) is 6.43. The van der Waals surface area contributed by atoms with Gasteiger partial charge in [-0.15, -0.1) is 0 Å². The van der Waals surface area contributed by atoms with Crippen molar-refractivity contribution in [1.29, 1.82) is 5.26 Å². The van der Waals surface area contributed by atoms with Gasteiger partial charge in [0.05, 0.1) is 24.5 Å². The molecule has 2 aromatic rings. The van der Waals surface area contributed by atoms with Crippen LogP contribution in [0.4, 0.5) is 0 Å². The van der Waals surface area contributed by atoms with E-state index in [9.17, 15) is 5.26 Å². The van der Waals surface area contributed by atoms with E-state index >= 15 is 0 Å². The molecule has 0 aromatic carbocycles. The van der Waals surface area contributed by atoms with E-state index in [0.29, 0.717) is 35.4 Å². The number of aromatic nitrogens is 3. The highest BCUT2D eigenvalue weighted by Crippen LogP contribution is 2.29. The van der Waals surface area contributed by atoms with Gasteiger partial charge in [0.25, 0.3) is 0 Å². The Bertz CT molecular complexity index is 686. The quantitative estimate of drug-likeness (QED) is 0.792. The summed E-state index contributed by atoms with van der Waals surface area (Å²) >= 11 is 5.96. The minimum absolute atomic E-state index is 0.318. The average molecular weight is 291 g/mol. The molecule has 1 saturated heterocycles. The molecule has 3 rings (SSSR count). The van der Waals surface area contributed by atoms with Crippen molar-refractivity contribution in [2.24, 2.45) is 0 Å². The molecule has 0 bridgehead atoms. The number of hydrogen-bond donors (Lipinski definition) is 0. The lowest BCUT2D eigenvalue weighted by Gasteiger charge is -2.14. The van der Waals surface area contributed by atoms with E-state index in [2.05, 4.69) is 16.2 Å². The molecule has 1 aliphatic rings. The minimum Gasteiger partial charge on any atom is -0.346 e. The van der Waals surface area contributed by atoms with Gasteiger partial charge in [0.2, 0.25) is 0 Å². The normalized spacial score (nSPS) is 15.4. The first kappa shape index (κ1) is 13.1. The van der Waals surface area contributed by atoms with Crippen LogP contribution in [0.3, 0.4) is 0 Å². The number of aryl methyl sites for hydroxylation is 1. The van der Waals surface area contributed by atoms with Crippen LogP contribution in [0, 0.1) is 18.3 Å². The van der Waals surface area contributed by atoms with Gasteiger partial charge in [-0.05, 0) is 25.1 Å². The molecule has 0 radical (unpaired) electrons. The molecule has 1 aliphatic heterocycles. The van der Waals surface area contributed by atoms with Crippen molar-refractivity contribution in [3.05, 3.63) is 40.3 Å². The predicted molar refractivity (Wildman–Crippen MR) is 70.5 cm³/mol. The van der Waals surface area contributed by atoms with Crippen LogP contribution in [-0.4, -0.2) is 28.0 Å². The van der Waals surface area contributed by atoms with Crippen LogP contribution in [0.25, 0.3) is 5.82 Å². The molecule has 0 aliphatic carbocycles. The van der Waals surface area contributed by atoms with Gasteiger partial charge in [-0.3, -0.25) is 0 Å². The summed E-state index contributed by atoms with van der Waals surface area (Å²) in [7, 11) is 0. The smallest absolute Gasteiger partial charge is 0.187 e. The van der Waals surface area contributed by atoms with E-state index in [4.69, 9.17) is 21.1 Å². The van der Waals surface area contributed by atoms with E-state index < -0.39 is 6.29 Å². The first-order valence-electron chi connectivity index (χ1n) is 6.06. The SMILES string of the molecule is Cc1cc(C#N)n(-c2nc(Cl)ccc2C2OCCO2)n1. The van der Waals surface area contributed by atoms with Crippen LogP contribution in [-0.2, 0) is 9.47 Å². The monoisotopic (exact) mass is 290 g/mol. The number of pyridine rings is 1. The molecule has 2 aromatic heterocycles. The fourth-order valence-electron chi connectivity index (χ4n) is 2.07. The van der Waals surface area contributed by atoms with Crippen LogP contribution in [0.2, 0.25) is 5.15 Å². The molecule has 7 heteroatoms. The highest BCUT2D eigenvalue weighted by atomic mass is 35.5. The van der Waals surface area contributed by atoms with Crippen LogP contribution in [0.1, 0.15) is 23.2 Å². The fourth-order valence-corrected chi connectivity index (χ4v) is 2.21. The molecule has 3 heterocycles. The molecule has 6 nitrogen and oxygen atoms in total. The molecule has 0 atom stereocenters. The highest BCUT2D eigenvalue weighted by molar-refractivity contribution is 6.29. The van der Waals surface area contributed by atoms with Crippen LogP contribution in [0.5, 0.6) is 0 Å². The third-order valence-corrected chi connectivity index (χ3v) is 3.10. The maximum atomic E-state index is 9.18. The summed E-state index contributed by atoms with van der Waals surface area (Å²) in [5, 5.41) is 13.8. The lowest BCUT2D eigenvalue weighted by molar-refractivity contribution is -0.0443. The second-order valence-corrected chi connectivity index (χ2v) is 4.70. The zero-order valence-corrected chi connectivity index (χ0v) is 11.5. The number of halogens is 1. The molecule has 20 heavy (non-hydrogen) atoms. The molecular weight excluding hydrogens is 280 g/mol. The van der Waals surface area contributed by atoms with Crippen LogP contribution in [0.15, 0.2) is 18.2 Å². The third kappa shape index (κ3) is 2.27. The second-order valence-electron chi connectivity index (χ2n) is 4.31. The third-order valence-electron chi connectivity index (χ3n) is 2.89. The molecule has 0 spiro atoms. The summed E-state index contributed by atoms with van der Waals surface area (Å²) in [5.41, 5.74) is 1.81. The Labute approximate surface area is 120 Å². The topological polar surface area (TPSA) is 73.0 Å². The molecule has 0 unspecified atom stereocenters. The first-order chi connectivity index (χ1) is 9.69. The van der Waals surface area contributed by atoms with E-state index in [1.807, 2.05) is 6.92 Å². The van der Waals surface area contributed by atoms with Gasteiger partial charge in [0, 0.05) is 0 Å². The van der Waals surface area contributed by atoms with Crippen molar-refractivity contribution >= 4 is 11.6 Å². The van der Waals surface area contributed by atoms with Gasteiger partial charge >= 0.3 is 0 Å². The van der Waals surface area contributed by atoms with Gasteiger partial charge in [-0.2, -0.15) is 10.4 Å². The van der Waals surface area contributed by atoms with Gasteiger partial charge in [-0.25, -0.2) is 9.67 Å². The van der Waals surface area contributed by atoms with Crippen molar-refractivity contribution in [3.63, 3.8) is 0 Å². The van der Waals surface area contributed by atoms with Gasteiger partial charge < -0.3 is 9.47 Å². The highest BCUT2D eigenvalue weighted by Gasteiger charge is 2.24. The number of rotatable bonds is 2. The Hall–Kier alpha value is -1.94. The molecule has 1 fully saturated rings. The average Bonchev–Trinajstić information content (AvgIpc) is 3.07. The number of hydrogen-bond acceptors (Lipinski definition) is 5. The zero-order valence-electron chi connectivity index (χ0n) is 10.7. The Morgan fingerprint density at radius 2 is 2.15 bits per heavy atom. The molecule has 0 saturated carbocycles. The Morgan fingerprint density at radius 1 is 1.40 bits per heavy atom. The van der Waals surface area contributed by atoms with Crippen LogP contribution < -0.4 is 0 Å². The van der Waals surface area contributed by atoms with Gasteiger partial charge in [-0.1, -0.05) is 11.6 Å². The summed E-state index contributed by atoms with van der Waals surface area (Å²) in [6.45, 7) is 2.86. The van der Waals surface area contributed by atoms with Crippen molar-refractivity contribution in [2.45, 2.75) is 13.2 Å². The van der Waals surface area contributed by atoms with E-state index in [1.54, 1.807) is 18.2 Å². The standard InChI is InChI=1S/C13H11ClN4O2/c1-8-6-9(7-15)18(17-8)12-10(2-3-11(14)16-12)13-19-4-5-20-13/h2-3,6,13H,4-5H2,1H3. The fraction of sp³-hybridized carbons (Fsp3) is 0.308. The molecule has 102 valence electrons. The lowest BCUT2D eigenvalue weighted by atomic mass is 10.2.